The fraction of sp³-hybridized carbons (Fsp3) is 0.143. The molecule has 9 rings (SSSR count). The van der Waals surface area contributed by atoms with Gasteiger partial charge >= 0.3 is 0 Å². The van der Waals surface area contributed by atoms with Gasteiger partial charge in [-0.15, -0.1) is 0 Å². The van der Waals surface area contributed by atoms with Gasteiger partial charge in [0.15, 0.2) is 0 Å². The third kappa shape index (κ3) is 12.6. The quantitative estimate of drug-likeness (QED) is 0.0558. The van der Waals surface area contributed by atoms with Crippen LogP contribution in [0.25, 0.3) is 0 Å². The summed E-state index contributed by atoms with van der Waals surface area (Å²) in [7, 11) is -9.23. The van der Waals surface area contributed by atoms with E-state index in [1.54, 1.807) is 0 Å². The van der Waals surface area contributed by atoms with Crippen LogP contribution in [0.5, 0.6) is 17.2 Å². The van der Waals surface area contributed by atoms with Gasteiger partial charge in [-0.2, -0.15) is 0 Å². The van der Waals surface area contributed by atoms with Gasteiger partial charge in [0.05, 0.1) is 0 Å². The van der Waals surface area contributed by atoms with E-state index in [0.717, 1.165) is 48.5 Å². The van der Waals surface area contributed by atoms with Gasteiger partial charge < -0.3 is 27.9 Å². The van der Waals surface area contributed by atoms with Crippen molar-refractivity contribution in [3.8, 4) is 17.2 Å². The lowest BCUT2D eigenvalue weighted by Gasteiger charge is -2.25. The predicted molar refractivity (Wildman–Crippen MR) is 303 cm³/mol. The van der Waals surface area contributed by atoms with Crippen LogP contribution in [-0.4, -0.2) is 44.4 Å². The molecule has 9 aromatic carbocycles. The fourth-order valence-electron chi connectivity index (χ4n) is 9.24. The maximum Gasteiger partial charge on any atom is 0.147 e. The van der Waals surface area contributed by atoms with E-state index in [1.165, 1.54) is 0 Å². The molecule has 0 radical (unpaired) electrons. The molecule has 0 aliphatic rings. The molecule has 0 saturated carbocycles. The Labute approximate surface area is 430 Å². The number of benzene rings is 9. The van der Waals surface area contributed by atoms with Gasteiger partial charge in [0.1, 0.15) is 58.5 Å². The van der Waals surface area contributed by atoms with E-state index in [4.69, 9.17) is 14.2 Å². The summed E-state index contributed by atoms with van der Waals surface area (Å²) in [5.74, 6) is 2.06. The standard InChI is InChI=1S/C63H60NO6P3/c65-71(55-28-7-1-8-29-55,56-30-9-2-10-31-56)49-52-25-19-22-40-61(52)68-46-43-64(44-47-69-62-41-23-20-26-53(62)50-72(66,57-32-11-3-12-33-57)58-34-13-4-14-35-58)45-48-70-63-42-24-21-27-54(63)51-73(67,59-36-15-5-16-37-59)60-38-17-6-18-39-60/h1-42H,43-51H2. The number of para-hydroxylation sites is 3. The van der Waals surface area contributed by atoms with Crippen LogP contribution in [-0.2, 0) is 32.2 Å². The van der Waals surface area contributed by atoms with Crippen molar-refractivity contribution in [1.82, 2.24) is 4.90 Å². The number of hydrogen-bond acceptors (Lipinski definition) is 7. The van der Waals surface area contributed by atoms with Gasteiger partial charge in [0.2, 0.25) is 0 Å². The number of rotatable bonds is 24. The first-order chi connectivity index (χ1) is 35.8. The minimum atomic E-state index is -3.08. The van der Waals surface area contributed by atoms with Crippen LogP contribution in [0.1, 0.15) is 16.7 Å². The highest BCUT2D eigenvalue weighted by Crippen LogP contribution is 2.50. The molecule has 0 amide bonds. The summed E-state index contributed by atoms with van der Waals surface area (Å²) in [5, 5.41) is 4.81. The molecule has 0 atom stereocenters. The van der Waals surface area contributed by atoms with E-state index in [0.29, 0.717) is 75.2 Å². The van der Waals surface area contributed by atoms with Crippen LogP contribution in [0.4, 0.5) is 0 Å². The van der Waals surface area contributed by atoms with Gasteiger partial charge in [0.25, 0.3) is 0 Å². The Hall–Kier alpha value is -6.97. The lowest BCUT2D eigenvalue weighted by atomic mass is 10.2. The highest BCUT2D eigenvalue weighted by molar-refractivity contribution is 7.78. The Morgan fingerprint density at radius 1 is 0.260 bits per heavy atom. The van der Waals surface area contributed by atoms with Crippen molar-refractivity contribution < 1.29 is 27.9 Å². The van der Waals surface area contributed by atoms with Crippen molar-refractivity contribution in [2.45, 2.75) is 18.5 Å². The van der Waals surface area contributed by atoms with E-state index >= 15 is 13.7 Å². The largest absolute Gasteiger partial charge is 0.492 e. The van der Waals surface area contributed by atoms with Crippen molar-refractivity contribution in [3.63, 3.8) is 0 Å². The summed E-state index contributed by atoms with van der Waals surface area (Å²) >= 11 is 0. The van der Waals surface area contributed by atoms with Gasteiger partial charge in [-0.3, -0.25) is 4.90 Å². The molecule has 0 aromatic heterocycles. The van der Waals surface area contributed by atoms with Crippen molar-refractivity contribution in [1.29, 1.82) is 0 Å². The first kappa shape index (κ1) is 51.0. The van der Waals surface area contributed by atoms with Gasteiger partial charge in [-0.1, -0.05) is 237 Å². The van der Waals surface area contributed by atoms with Crippen LogP contribution < -0.4 is 46.0 Å². The Bertz CT molecular complexity index is 2810. The molecule has 7 nitrogen and oxygen atoms in total. The van der Waals surface area contributed by atoms with E-state index in [-0.39, 0.29) is 0 Å². The Morgan fingerprint density at radius 3 is 0.671 bits per heavy atom. The first-order valence-electron chi connectivity index (χ1n) is 24.8. The zero-order chi connectivity index (χ0) is 50.2. The smallest absolute Gasteiger partial charge is 0.147 e. The molecule has 0 bridgehead atoms. The maximum absolute atomic E-state index is 15.2. The molecule has 0 aliphatic carbocycles. The summed E-state index contributed by atoms with van der Waals surface area (Å²) in [5.41, 5.74) is 2.62. The maximum atomic E-state index is 15.2. The SMILES string of the molecule is O=P(Cc1ccccc1OCCN(CCOc1ccccc1CP(=O)(c1ccccc1)c1ccccc1)CCOc1ccccc1CP(=O)(c1ccccc1)c1ccccc1)(c1ccccc1)c1ccccc1. The molecule has 10 heteroatoms. The summed E-state index contributed by atoms with van der Waals surface area (Å²) in [6.45, 7) is 2.65. The molecular weight excluding hydrogens is 960 g/mol. The highest BCUT2D eigenvalue weighted by Gasteiger charge is 2.31. The molecule has 0 aliphatic heterocycles. The summed E-state index contributed by atoms with van der Waals surface area (Å²) in [6, 6.07) is 82.0. The van der Waals surface area contributed by atoms with E-state index in [2.05, 4.69) is 4.90 Å². The Morgan fingerprint density at radius 2 is 0.452 bits per heavy atom. The zero-order valence-electron chi connectivity index (χ0n) is 40.9. The topological polar surface area (TPSA) is 82.1 Å². The molecule has 0 spiro atoms. The lowest BCUT2D eigenvalue weighted by Crippen LogP contribution is -2.35. The molecule has 368 valence electrons. The van der Waals surface area contributed by atoms with Crippen LogP contribution >= 0.6 is 21.4 Å². The Kier molecular flexibility index (Phi) is 17.2. The number of ether oxygens (including phenoxy) is 3. The average Bonchev–Trinajstić information content (AvgIpc) is 3.45. The van der Waals surface area contributed by atoms with Crippen LogP contribution in [0.15, 0.2) is 255 Å². The number of hydrogen-bond donors (Lipinski definition) is 0. The predicted octanol–water partition coefficient (Wildman–Crippen LogP) is 12.1. The minimum Gasteiger partial charge on any atom is -0.492 e. The second-order valence-electron chi connectivity index (χ2n) is 17.9. The molecule has 0 saturated heterocycles. The monoisotopic (exact) mass is 1020 g/mol. The summed E-state index contributed by atoms with van der Waals surface area (Å²) in [6.07, 6.45) is 0.930. The van der Waals surface area contributed by atoms with Crippen molar-refractivity contribution >= 4 is 53.3 Å². The van der Waals surface area contributed by atoms with Crippen molar-refractivity contribution in [2.75, 3.05) is 39.5 Å². The normalized spacial score (nSPS) is 11.8. The van der Waals surface area contributed by atoms with Crippen LogP contribution in [0.3, 0.4) is 0 Å². The Balaban J connectivity index is 0.935. The number of nitrogens with zero attached hydrogens (tertiary/aromatic N) is 1. The third-order valence-electron chi connectivity index (χ3n) is 13.1. The van der Waals surface area contributed by atoms with Crippen molar-refractivity contribution in [3.05, 3.63) is 271 Å². The minimum absolute atomic E-state index is 0.310. The van der Waals surface area contributed by atoms with E-state index in [1.807, 2.05) is 255 Å². The van der Waals surface area contributed by atoms with E-state index < -0.39 is 21.4 Å². The molecule has 9 aromatic rings. The molecule has 73 heavy (non-hydrogen) atoms. The van der Waals surface area contributed by atoms with Gasteiger partial charge in [-0.05, 0) is 18.2 Å². The third-order valence-corrected chi connectivity index (χ3v) is 22.3. The van der Waals surface area contributed by atoms with Crippen molar-refractivity contribution in [2.24, 2.45) is 0 Å². The first-order valence-corrected chi connectivity index (χ1v) is 30.4. The summed E-state index contributed by atoms with van der Waals surface area (Å²) < 4.78 is 65.3. The van der Waals surface area contributed by atoms with Crippen LogP contribution in [0.2, 0.25) is 0 Å². The second kappa shape index (κ2) is 24.6. The average molecular weight is 1020 g/mol. The van der Waals surface area contributed by atoms with Gasteiger partial charge in [-0.25, -0.2) is 0 Å². The second-order valence-corrected chi connectivity index (χ2v) is 26.4. The molecule has 0 unspecified atom stereocenters. The lowest BCUT2D eigenvalue weighted by molar-refractivity contribution is 0.152. The molecule has 0 heterocycles. The van der Waals surface area contributed by atoms with Gasteiger partial charge in [0, 0.05) is 86.6 Å². The zero-order valence-corrected chi connectivity index (χ0v) is 43.5. The molecule has 0 N–H and O–H groups in total. The van der Waals surface area contributed by atoms with Crippen LogP contribution in [0, 0.1) is 0 Å². The fourth-order valence-corrected chi connectivity index (χ4v) is 17.4. The van der Waals surface area contributed by atoms with E-state index in [9.17, 15) is 0 Å². The molecule has 0 fully saturated rings. The summed E-state index contributed by atoms with van der Waals surface area (Å²) in [4.78, 5) is 2.25. The highest BCUT2D eigenvalue weighted by atomic mass is 31.2. The molecular formula is C63H60NO6P3.